The lowest BCUT2D eigenvalue weighted by Crippen LogP contribution is -2.43. The van der Waals surface area contributed by atoms with Gasteiger partial charge in [-0.15, -0.1) is 0 Å². The van der Waals surface area contributed by atoms with Crippen molar-refractivity contribution in [1.82, 2.24) is 26.6 Å². The summed E-state index contributed by atoms with van der Waals surface area (Å²) in [7, 11) is 0. The van der Waals surface area contributed by atoms with Crippen molar-refractivity contribution in [2.24, 2.45) is 23.5 Å². The molecule has 11 N–H and O–H groups in total. The van der Waals surface area contributed by atoms with E-state index in [-0.39, 0.29) is 221 Å². The zero-order valence-corrected chi connectivity index (χ0v) is 70.7. The molecule has 0 fully saturated rings. The van der Waals surface area contributed by atoms with Crippen molar-refractivity contribution < 1.29 is 135 Å². The second-order valence-electron chi connectivity index (χ2n) is 30.5. The van der Waals surface area contributed by atoms with Crippen LogP contribution in [-0.2, 0) is 110 Å². The van der Waals surface area contributed by atoms with Gasteiger partial charge in [-0.2, -0.15) is 0 Å². The Bertz CT molecular complexity index is 2810. The largest absolute Gasteiger partial charge is 0.481 e. The summed E-state index contributed by atoms with van der Waals surface area (Å²) in [6.07, 6.45) is 24.9. The second-order valence-corrected chi connectivity index (χ2v) is 30.5. The van der Waals surface area contributed by atoms with Crippen LogP contribution in [0.3, 0.4) is 0 Å². The fourth-order valence-corrected chi connectivity index (χ4v) is 12.3. The lowest BCUT2D eigenvalue weighted by Gasteiger charge is -2.23. The van der Waals surface area contributed by atoms with Gasteiger partial charge in [-0.3, -0.25) is 67.1 Å². The zero-order chi connectivity index (χ0) is 86.8. The Balaban J connectivity index is -0.0000224. The fraction of sp³-hybridized carbons (Fsp3) is 0.821. The van der Waals surface area contributed by atoms with Gasteiger partial charge in [0, 0.05) is 126 Å². The number of nitrogens with two attached hydrogens (primary N) is 1. The predicted molar refractivity (Wildman–Crippen MR) is 441 cm³/mol. The molecule has 0 rings (SSSR count). The normalized spacial score (nSPS) is 12.4. The third-order valence-corrected chi connectivity index (χ3v) is 19.3. The number of carboxylic acid groups (broad SMARTS) is 4. The second kappa shape index (κ2) is 75.1. The van der Waals surface area contributed by atoms with E-state index in [4.69, 9.17) is 53.8 Å². The molecule has 680 valence electrons. The molecule has 0 bridgehead atoms. The zero-order valence-electron chi connectivity index (χ0n) is 70.7. The number of aliphatic carboxylic acids is 4. The van der Waals surface area contributed by atoms with Crippen LogP contribution in [-0.4, -0.2) is 252 Å². The summed E-state index contributed by atoms with van der Waals surface area (Å²) in [4.78, 5) is 184. The molecular formula is C84H152N6O27. The molecular weight excluding hydrogens is 1520 g/mol. The highest BCUT2D eigenvalue weighted by Crippen LogP contribution is 2.25. The number of hydrogen-bond donors (Lipinski definition) is 10. The van der Waals surface area contributed by atoms with Crippen LogP contribution in [0.2, 0.25) is 0 Å². The Morgan fingerprint density at radius 1 is 0.308 bits per heavy atom. The molecule has 117 heavy (non-hydrogen) atoms. The molecule has 0 unspecified atom stereocenters. The van der Waals surface area contributed by atoms with Crippen molar-refractivity contribution >= 4 is 88.1 Å². The van der Waals surface area contributed by atoms with E-state index < -0.39 is 83.3 Å². The van der Waals surface area contributed by atoms with Crippen LogP contribution in [0, 0.1) is 17.8 Å². The molecule has 0 aromatic heterocycles. The van der Waals surface area contributed by atoms with Crippen molar-refractivity contribution in [2.75, 3.05) is 132 Å². The van der Waals surface area contributed by atoms with Gasteiger partial charge >= 0.3 is 23.9 Å². The summed E-state index contributed by atoms with van der Waals surface area (Å²) in [5.74, 6) is -9.83. The number of ether oxygens (including phenoxy) is 8. The summed E-state index contributed by atoms with van der Waals surface area (Å²) in [5, 5.41) is 50.2. The minimum absolute atomic E-state index is 0. The third-order valence-electron chi connectivity index (χ3n) is 19.3. The van der Waals surface area contributed by atoms with Gasteiger partial charge in [0.25, 0.3) is 0 Å². The molecule has 0 aliphatic carbocycles. The highest BCUT2D eigenvalue weighted by Gasteiger charge is 2.31. The lowest BCUT2D eigenvalue weighted by atomic mass is 9.82. The molecule has 0 aliphatic rings. The van der Waals surface area contributed by atoms with Crippen molar-refractivity contribution in [1.29, 1.82) is 0 Å². The molecule has 0 aromatic rings. The first-order valence-corrected chi connectivity index (χ1v) is 42.9. The van der Waals surface area contributed by atoms with Crippen LogP contribution in [0.25, 0.3) is 0 Å². The lowest BCUT2D eigenvalue weighted by molar-refractivity contribution is -0.145. The number of unbranched alkanes of at least 4 members (excludes halogenated alkanes) is 20. The number of Topliss-reactive ketones (excluding diaryl/α,β-unsaturated/α-hetero) is 6. The summed E-state index contributed by atoms with van der Waals surface area (Å²) >= 11 is 0. The Labute approximate surface area is 697 Å². The van der Waals surface area contributed by atoms with Gasteiger partial charge in [-0.1, -0.05) is 116 Å². The van der Waals surface area contributed by atoms with Gasteiger partial charge < -0.3 is 90.6 Å². The highest BCUT2D eigenvalue weighted by molar-refractivity contribution is 5.94. The number of carboxylic acids is 4. The average Bonchev–Trinajstić information content (AvgIpc) is 0.869. The van der Waals surface area contributed by atoms with Gasteiger partial charge in [-0.05, 0) is 97.8 Å². The maximum Gasteiger partial charge on any atom is 0.326 e. The molecule has 0 aliphatic heterocycles. The number of hydrogen-bond acceptors (Lipinski definition) is 24. The molecule has 4 atom stereocenters. The Morgan fingerprint density at radius 3 is 1.13 bits per heavy atom. The molecule has 0 radical (unpaired) electrons. The minimum atomic E-state index is -1.38. The molecule has 33 nitrogen and oxygen atoms in total. The van der Waals surface area contributed by atoms with E-state index in [1.165, 1.54) is 27.2 Å². The van der Waals surface area contributed by atoms with E-state index in [2.05, 4.69) is 26.6 Å². The smallest absolute Gasteiger partial charge is 0.326 e. The van der Waals surface area contributed by atoms with Crippen molar-refractivity contribution in [2.45, 2.75) is 296 Å². The quantitative estimate of drug-likeness (QED) is 0.0254. The van der Waals surface area contributed by atoms with E-state index in [1.54, 1.807) is 0 Å². The topological polar surface area (TPSA) is 497 Å². The summed E-state index contributed by atoms with van der Waals surface area (Å²) < 4.78 is 43.3. The van der Waals surface area contributed by atoms with Gasteiger partial charge in [0.1, 0.15) is 49.8 Å². The number of ketones is 6. The Kier molecular flexibility index (Phi) is 70.6. The Morgan fingerprint density at radius 2 is 0.675 bits per heavy atom. The van der Waals surface area contributed by atoms with Gasteiger partial charge in [0.15, 0.2) is 17.3 Å². The number of rotatable bonds is 88. The van der Waals surface area contributed by atoms with Crippen LogP contribution < -0.4 is 32.3 Å². The average molecular weight is 1680 g/mol. The monoisotopic (exact) mass is 1680 g/mol. The van der Waals surface area contributed by atoms with Crippen LogP contribution >= 0.6 is 0 Å². The molecule has 0 saturated heterocycles. The summed E-state index contributed by atoms with van der Waals surface area (Å²) in [5.41, 5.74) is 4.86. The first-order chi connectivity index (χ1) is 56.1. The van der Waals surface area contributed by atoms with Gasteiger partial charge in [0.2, 0.25) is 29.5 Å². The predicted octanol–water partition coefficient (Wildman–Crippen LogP) is 9.16. The molecule has 0 spiro atoms. The Hall–Kier alpha value is -7.11. The number of nitrogens with one attached hydrogen (secondary N) is 5. The molecule has 5 amide bonds. The van der Waals surface area contributed by atoms with E-state index in [0.29, 0.717) is 84.0 Å². The third kappa shape index (κ3) is 72.6. The van der Waals surface area contributed by atoms with Crippen LogP contribution in [0.5, 0.6) is 0 Å². The van der Waals surface area contributed by atoms with Crippen molar-refractivity contribution in [3.05, 3.63) is 0 Å². The van der Waals surface area contributed by atoms with E-state index in [0.717, 1.165) is 122 Å². The molecule has 33 heteroatoms. The van der Waals surface area contributed by atoms with Crippen molar-refractivity contribution in [3.8, 4) is 0 Å². The number of carbonyl (C=O) groups excluding carboxylic acids is 11. The van der Waals surface area contributed by atoms with Crippen LogP contribution in [0.1, 0.15) is 288 Å². The molecule has 0 heterocycles. The maximum absolute atomic E-state index is 13.8. The number of carbonyl (C=O) groups is 15. The van der Waals surface area contributed by atoms with Crippen molar-refractivity contribution in [3.63, 3.8) is 0 Å². The van der Waals surface area contributed by atoms with E-state index >= 15 is 0 Å². The maximum atomic E-state index is 13.8. The molecule has 0 aromatic carbocycles. The minimum Gasteiger partial charge on any atom is -0.481 e. The van der Waals surface area contributed by atoms with E-state index in [9.17, 15) is 82.1 Å². The number of amides is 5. The molecule has 0 saturated carbocycles. The first-order valence-electron chi connectivity index (χ1n) is 42.9. The summed E-state index contributed by atoms with van der Waals surface area (Å²) in [6, 6.07) is -1.38. The van der Waals surface area contributed by atoms with Crippen LogP contribution in [0.4, 0.5) is 0 Å². The standard InChI is InChI=1S/C84H146N6O27.3H2/c1-65(91)66(30-24-26-42-86-76(98)40-38-68(82(106)107)58-71(94)62-115-55-53-113-49-45-89-78(100)63-116-56-50-110-46-28-33-69(92)32-20-16-12-8-4-6-10-14-18-22-36-80(102)103)59-73(95)67(60-74(96)84(2,3)85)31-25-27-43-87-77(99)41-39-72(83(108)109)90-79(101)64-117-57-51-111-47-29-34-70(93)61-114-54-52-112-48-44-88-75(97)35-21-17-13-9-5-7-11-15-19-23-37-81(104)105;;;/h66-68,72H,4-64,85H2,1-3H3,(H,86,98)(H,87,99)(H,88,97)(H,89,100)(H,90,101)(H,102,103)(H,104,105)(H,106,107)(H,108,109);3*1H/t66-,67-,68-,72+;;;/m1.../s1. The SMILES string of the molecule is CC(=O)[C@H](CCCCNC(=O)CC[C@H](CC(=O)COCCOCCNC(=O)COCCOCCCC(=O)CCCCCCCCCCCCC(=O)O)C(=O)O)CC(=O)[C@H](CCCCNC(=O)CC[C@H](NC(=O)COCCOCCCC(=O)COCCOCCNC(=O)CCCCCCCCCCCCC(=O)O)C(=O)O)CC(=O)C(C)(C)N.[HH].[HH].[HH]. The fourth-order valence-electron chi connectivity index (χ4n) is 12.3. The van der Waals surface area contributed by atoms with Gasteiger partial charge in [0.05, 0.1) is 77.5 Å². The highest BCUT2D eigenvalue weighted by atomic mass is 16.5. The van der Waals surface area contributed by atoms with E-state index in [1.807, 2.05) is 0 Å². The van der Waals surface area contributed by atoms with Gasteiger partial charge in [-0.25, -0.2) is 4.79 Å². The summed E-state index contributed by atoms with van der Waals surface area (Å²) in [6.45, 7) is 6.74. The first kappa shape index (κ1) is 110. The van der Waals surface area contributed by atoms with Crippen LogP contribution in [0.15, 0.2) is 0 Å².